The second-order valence-electron chi connectivity index (χ2n) is 6.40. The van der Waals surface area contributed by atoms with Gasteiger partial charge in [-0.25, -0.2) is 4.79 Å². The van der Waals surface area contributed by atoms with E-state index in [1.54, 1.807) is 31.2 Å². The fraction of sp³-hybridized carbons (Fsp3) is 0.200. The van der Waals surface area contributed by atoms with Crippen LogP contribution < -0.4 is 5.32 Å². The molecule has 10 nitrogen and oxygen atoms in total. The van der Waals surface area contributed by atoms with E-state index in [1.165, 1.54) is 31.2 Å². The molecule has 1 unspecified atom stereocenters. The summed E-state index contributed by atoms with van der Waals surface area (Å²) in [5.41, 5.74) is 1.64. The Kier molecular flexibility index (Phi) is 6.16. The Balaban J connectivity index is 1.63. The molecule has 3 aromatic rings. The molecule has 1 amide bonds. The second kappa shape index (κ2) is 8.95. The topological polar surface area (TPSA) is 137 Å². The van der Waals surface area contributed by atoms with Gasteiger partial charge in [-0.05, 0) is 36.8 Å². The maximum absolute atomic E-state index is 12.3. The number of aromatic nitrogens is 2. The number of hydrogen-bond acceptors (Lipinski definition) is 8. The zero-order chi connectivity index (χ0) is 21.7. The minimum Gasteiger partial charge on any atom is -0.449 e. The van der Waals surface area contributed by atoms with Gasteiger partial charge in [0, 0.05) is 31.2 Å². The highest BCUT2D eigenvalue weighted by molar-refractivity contribution is 5.89. The molecule has 1 atom stereocenters. The molecule has 0 aliphatic heterocycles. The van der Waals surface area contributed by atoms with Crippen molar-refractivity contribution in [2.45, 2.75) is 26.5 Å². The molecule has 154 valence electrons. The number of nitrogens with zero attached hydrogens (tertiary/aromatic N) is 3. The van der Waals surface area contributed by atoms with Gasteiger partial charge in [-0.15, -0.1) is 10.2 Å². The third-order valence-corrected chi connectivity index (χ3v) is 4.13. The molecule has 0 bridgehead atoms. The number of esters is 1. The van der Waals surface area contributed by atoms with E-state index in [0.717, 1.165) is 5.56 Å². The number of ether oxygens (including phenoxy) is 1. The van der Waals surface area contributed by atoms with Gasteiger partial charge >= 0.3 is 5.97 Å². The van der Waals surface area contributed by atoms with Crippen molar-refractivity contribution in [3.63, 3.8) is 0 Å². The Morgan fingerprint density at radius 3 is 2.40 bits per heavy atom. The summed E-state index contributed by atoms with van der Waals surface area (Å²) in [5.74, 6) is -0.451. The summed E-state index contributed by atoms with van der Waals surface area (Å²) in [4.78, 5) is 33.5. The zero-order valence-corrected chi connectivity index (χ0v) is 16.2. The average Bonchev–Trinajstić information content (AvgIpc) is 3.23. The van der Waals surface area contributed by atoms with Crippen LogP contribution in [0, 0.1) is 10.1 Å². The minimum absolute atomic E-state index is 0.0520. The van der Waals surface area contributed by atoms with Crippen LogP contribution in [0.1, 0.15) is 41.8 Å². The molecule has 0 aliphatic carbocycles. The van der Waals surface area contributed by atoms with Crippen molar-refractivity contribution in [3.05, 3.63) is 75.7 Å². The van der Waals surface area contributed by atoms with Gasteiger partial charge in [0.15, 0.2) is 6.10 Å². The van der Waals surface area contributed by atoms with Gasteiger partial charge in [-0.1, -0.05) is 12.1 Å². The fourth-order valence-corrected chi connectivity index (χ4v) is 2.51. The van der Waals surface area contributed by atoms with Crippen LogP contribution in [0.3, 0.4) is 0 Å². The Morgan fingerprint density at radius 2 is 1.80 bits per heavy atom. The first-order valence-electron chi connectivity index (χ1n) is 8.96. The summed E-state index contributed by atoms with van der Waals surface area (Å²) in [7, 11) is 0. The standard InChI is InChI=1S/C20H18N4O6/c1-12(29-20(26)16-5-3-14(4-6-16)11-21-13(2)25)18-22-23-19(30-18)15-7-9-17(10-8-15)24(27)28/h3-10,12H,11H2,1-2H3,(H,21,25). The molecular weight excluding hydrogens is 392 g/mol. The van der Waals surface area contributed by atoms with E-state index >= 15 is 0 Å². The van der Waals surface area contributed by atoms with Crippen LogP contribution in [-0.4, -0.2) is 27.0 Å². The molecule has 0 fully saturated rings. The Morgan fingerprint density at radius 1 is 1.13 bits per heavy atom. The van der Waals surface area contributed by atoms with Crippen LogP contribution in [-0.2, 0) is 16.1 Å². The highest BCUT2D eigenvalue weighted by atomic mass is 16.6. The lowest BCUT2D eigenvalue weighted by Gasteiger charge is -2.10. The van der Waals surface area contributed by atoms with Crippen LogP contribution in [0.2, 0.25) is 0 Å². The van der Waals surface area contributed by atoms with Crippen molar-refractivity contribution < 1.29 is 23.7 Å². The van der Waals surface area contributed by atoms with E-state index in [9.17, 15) is 19.7 Å². The normalized spacial score (nSPS) is 11.5. The number of nitro benzene ring substituents is 1. The predicted octanol–water partition coefficient (Wildman–Crippen LogP) is 3.20. The van der Waals surface area contributed by atoms with Crippen LogP contribution in [0.5, 0.6) is 0 Å². The van der Waals surface area contributed by atoms with Crippen LogP contribution in [0.4, 0.5) is 5.69 Å². The molecule has 10 heteroatoms. The predicted molar refractivity (Wildman–Crippen MR) is 104 cm³/mol. The molecule has 0 saturated carbocycles. The summed E-state index contributed by atoms with van der Waals surface area (Å²) in [6.07, 6.45) is -0.796. The molecule has 1 aromatic heterocycles. The number of benzene rings is 2. The van der Waals surface area contributed by atoms with Crippen LogP contribution in [0.15, 0.2) is 52.9 Å². The van der Waals surface area contributed by atoms with Gasteiger partial charge < -0.3 is 14.5 Å². The Hall–Kier alpha value is -4.08. The van der Waals surface area contributed by atoms with Gasteiger partial charge in [-0.2, -0.15) is 0 Å². The Bertz CT molecular complexity index is 1060. The summed E-state index contributed by atoms with van der Waals surface area (Å²) in [5, 5.41) is 21.2. The molecule has 3 rings (SSSR count). The summed E-state index contributed by atoms with van der Waals surface area (Å²) < 4.78 is 10.9. The third-order valence-electron chi connectivity index (χ3n) is 4.13. The van der Waals surface area contributed by atoms with Crippen molar-refractivity contribution in [2.24, 2.45) is 0 Å². The number of non-ortho nitro benzene ring substituents is 1. The quantitative estimate of drug-likeness (QED) is 0.356. The van der Waals surface area contributed by atoms with Gasteiger partial charge in [0.2, 0.25) is 11.8 Å². The molecule has 0 spiro atoms. The lowest BCUT2D eigenvalue weighted by atomic mass is 10.1. The van der Waals surface area contributed by atoms with Gasteiger partial charge in [-0.3, -0.25) is 14.9 Å². The number of nitrogens with one attached hydrogen (secondary N) is 1. The first-order valence-corrected chi connectivity index (χ1v) is 8.96. The van der Waals surface area contributed by atoms with Crippen molar-refractivity contribution in [1.82, 2.24) is 15.5 Å². The SMILES string of the molecule is CC(=O)NCc1ccc(C(=O)OC(C)c2nnc(-c3ccc([N+](=O)[O-])cc3)o2)cc1. The molecule has 0 saturated heterocycles. The van der Waals surface area contributed by atoms with E-state index in [4.69, 9.17) is 9.15 Å². The molecule has 30 heavy (non-hydrogen) atoms. The zero-order valence-electron chi connectivity index (χ0n) is 16.2. The molecule has 1 heterocycles. The lowest BCUT2D eigenvalue weighted by Crippen LogP contribution is -2.18. The fourth-order valence-electron chi connectivity index (χ4n) is 2.51. The van der Waals surface area contributed by atoms with Crippen LogP contribution >= 0.6 is 0 Å². The van der Waals surface area contributed by atoms with E-state index < -0.39 is 17.0 Å². The number of carbonyl (C=O) groups is 2. The first-order chi connectivity index (χ1) is 14.3. The minimum atomic E-state index is -0.796. The Labute approximate surface area is 171 Å². The lowest BCUT2D eigenvalue weighted by molar-refractivity contribution is -0.384. The maximum Gasteiger partial charge on any atom is 0.338 e. The first kappa shape index (κ1) is 20.6. The van der Waals surface area contributed by atoms with E-state index in [0.29, 0.717) is 17.7 Å². The average molecular weight is 410 g/mol. The van der Waals surface area contributed by atoms with Gasteiger partial charge in [0.1, 0.15) is 0 Å². The number of carbonyl (C=O) groups excluding carboxylic acids is 2. The van der Waals surface area contributed by atoms with Crippen molar-refractivity contribution in [3.8, 4) is 11.5 Å². The van der Waals surface area contributed by atoms with E-state index in [2.05, 4.69) is 15.5 Å². The molecule has 0 aliphatic rings. The van der Waals surface area contributed by atoms with Gasteiger partial charge in [0.25, 0.3) is 11.6 Å². The highest BCUT2D eigenvalue weighted by Crippen LogP contribution is 2.24. The second-order valence-corrected chi connectivity index (χ2v) is 6.40. The highest BCUT2D eigenvalue weighted by Gasteiger charge is 2.20. The number of amides is 1. The maximum atomic E-state index is 12.3. The van der Waals surface area contributed by atoms with Gasteiger partial charge in [0.05, 0.1) is 10.5 Å². The summed E-state index contributed by atoms with van der Waals surface area (Å²) >= 11 is 0. The van der Waals surface area contributed by atoms with E-state index in [1.807, 2.05) is 0 Å². The molecule has 2 aromatic carbocycles. The van der Waals surface area contributed by atoms with Crippen LogP contribution in [0.25, 0.3) is 11.5 Å². The summed E-state index contributed by atoms with van der Waals surface area (Å²) in [6, 6.07) is 12.3. The molecule has 1 N–H and O–H groups in total. The largest absolute Gasteiger partial charge is 0.449 e. The number of nitro groups is 1. The smallest absolute Gasteiger partial charge is 0.338 e. The molecule has 0 radical (unpaired) electrons. The number of hydrogen-bond donors (Lipinski definition) is 1. The molecular formula is C20H18N4O6. The van der Waals surface area contributed by atoms with Crippen molar-refractivity contribution >= 4 is 17.6 Å². The van der Waals surface area contributed by atoms with Crippen molar-refractivity contribution in [2.75, 3.05) is 0 Å². The summed E-state index contributed by atoms with van der Waals surface area (Å²) in [6.45, 7) is 3.39. The van der Waals surface area contributed by atoms with E-state index in [-0.39, 0.29) is 23.4 Å². The third kappa shape index (κ3) is 5.04. The van der Waals surface area contributed by atoms with Crippen molar-refractivity contribution in [1.29, 1.82) is 0 Å². The number of rotatable bonds is 7. The monoisotopic (exact) mass is 410 g/mol.